The topological polar surface area (TPSA) is 38.3 Å². The Morgan fingerprint density at radius 1 is 1.09 bits per heavy atom. The monoisotopic (exact) mass is 295 g/mol. The van der Waals surface area contributed by atoms with Crippen molar-refractivity contribution in [3.63, 3.8) is 0 Å². The molecule has 1 saturated carbocycles. The summed E-state index contributed by atoms with van der Waals surface area (Å²) < 4.78 is 5.53. The Morgan fingerprint density at radius 3 is 2.45 bits per heavy atom. The van der Waals surface area contributed by atoms with Crippen LogP contribution in [0.2, 0.25) is 0 Å². The first kappa shape index (κ1) is 14.6. The lowest BCUT2D eigenvalue weighted by Gasteiger charge is -2.17. The third kappa shape index (κ3) is 2.98. The van der Waals surface area contributed by atoms with Crippen LogP contribution < -0.4 is 10.1 Å². The molecule has 0 heterocycles. The van der Waals surface area contributed by atoms with Crippen LogP contribution in [-0.4, -0.2) is 19.1 Å². The molecule has 1 N–H and O–H groups in total. The average Bonchev–Trinajstić information content (AvgIpc) is 3.36. The van der Waals surface area contributed by atoms with Crippen LogP contribution in [0, 0.1) is 0 Å². The molecule has 1 fully saturated rings. The summed E-state index contributed by atoms with van der Waals surface area (Å²) in [4.78, 5) is 12.5. The second-order valence-electron chi connectivity index (χ2n) is 5.76. The summed E-state index contributed by atoms with van der Waals surface area (Å²) in [5.41, 5.74) is 2.04. The Bertz CT molecular complexity index is 647. The number of hydrogen-bond donors (Lipinski definition) is 1. The summed E-state index contributed by atoms with van der Waals surface area (Å²) >= 11 is 0. The van der Waals surface area contributed by atoms with Gasteiger partial charge in [0.25, 0.3) is 5.91 Å². The first-order valence-electron chi connectivity index (χ1n) is 7.81. The number of rotatable bonds is 6. The first-order valence-corrected chi connectivity index (χ1v) is 7.81. The Balaban J connectivity index is 1.68. The fourth-order valence-corrected chi connectivity index (χ4v) is 2.79. The summed E-state index contributed by atoms with van der Waals surface area (Å²) in [6.07, 6.45) is 2.26. The normalized spacial score (nSPS) is 15.1. The van der Waals surface area contributed by atoms with Gasteiger partial charge in [-0.25, -0.2) is 0 Å². The van der Waals surface area contributed by atoms with Crippen molar-refractivity contribution >= 4 is 5.91 Å². The van der Waals surface area contributed by atoms with Crippen molar-refractivity contribution in [1.29, 1.82) is 0 Å². The number of hydrogen-bond acceptors (Lipinski definition) is 2. The zero-order chi connectivity index (χ0) is 15.4. The molecule has 3 rings (SSSR count). The van der Waals surface area contributed by atoms with Crippen LogP contribution in [0.4, 0.5) is 0 Å². The predicted octanol–water partition coefficient (Wildman–Crippen LogP) is 3.55. The lowest BCUT2D eigenvalue weighted by Crippen LogP contribution is -2.32. The molecule has 0 bridgehead atoms. The predicted molar refractivity (Wildman–Crippen MR) is 87.3 cm³/mol. The molecule has 0 unspecified atom stereocenters. The quantitative estimate of drug-likeness (QED) is 0.885. The van der Waals surface area contributed by atoms with Gasteiger partial charge in [0.05, 0.1) is 12.2 Å². The van der Waals surface area contributed by atoms with Gasteiger partial charge >= 0.3 is 0 Å². The molecule has 0 spiro atoms. The van der Waals surface area contributed by atoms with E-state index in [2.05, 4.69) is 29.6 Å². The molecule has 1 aliphatic carbocycles. The van der Waals surface area contributed by atoms with Gasteiger partial charge in [0, 0.05) is 12.0 Å². The maximum atomic E-state index is 12.5. The van der Waals surface area contributed by atoms with Crippen LogP contribution in [0.15, 0.2) is 54.6 Å². The molecule has 0 saturated heterocycles. The molecular weight excluding hydrogens is 274 g/mol. The van der Waals surface area contributed by atoms with E-state index in [1.807, 2.05) is 37.3 Å². The molecule has 0 atom stereocenters. The number of carbonyl (C=O) groups excluding carboxylic acids is 1. The highest BCUT2D eigenvalue weighted by Crippen LogP contribution is 2.47. The number of para-hydroxylation sites is 1. The van der Waals surface area contributed by atoms with Gasteiger partial charge in [-0.05, 0) is 37.5 Å². The molecule has 0 aliphatic heterocycles. The van der Waals surface area contributed by atoms with E-state index in [0.29, 0.717) is 24.5 Å². The lowest BCUT2D eigenvalue weighted by atomic mass is 9.96. The van der Waals surface area contributed by atoms with Crippen molar-refractivity contribution < 1.29 is 9.53 Å². The fraction of sp³-hybridized carbons (Fsp3) is 0.316. The highest BCUT2D eigenvalue weighted by atomic mass is 16.5. The summed E-state index contributed by atoms with van der Waals surface area (Å²) in [7, 11) is 0. The Hall–Kier alpha value is -2.29. The van der Waals surface area contributed by atoms with E-state index in [1.54, 1.807) is 0 Å². The van der Waals surface area contributed by atoms with Crippen molar-refractivity contribution in [2.45, 2.75) is 25.2 Å². The van der Waals surface area contributed by atoms with Gasteiger partial charge in [-0.2, -0.15) is 0 Å². The van der Waals surface area contributed by atoms with Crippen LogP contribution in [0.3, 0.4) is 0 Å². The smallest absolute Gasteiger partial charge is 0.255 e. The van der Waals surface area contributed by atoms with Crippen LogP contribution in [0.5, 0.6) is 5.75 Å². The minimum atomic E-state index is -0.0637. The van der Waals surface area contributed by atoms with E-state index in [1.165, 1.54) is 5.56 Å². The molecule has 22 heavy (non-hydrogen) atoms. The SMILES string of the molecule is CCOc1ccccc1C(=O)NCC1(c2ccccc2)CC1. The highest BCUT2D eigenvalue weighted by molar-refractivity contribution is 5.97. The van der Waals surface area contributed by atoms with Gasteiger partial charge in [-0.3, -0.25) is 4.79 Å². The van der Waals surface area contributed by atoms with Crippen LogP contribution >= 0.6 is 0 Å². The number of ether oxygens (including phenoxy) is 1. The van der Waals surface area contributed by atoms with E-state index < -0.39 is 0 Å². The Labute approximate surface area is 131 Å². The zero-order valence-electron chi connectivity index (χ0n) is 12.8. The van der Waals surface area contributed by atoms with E-state index >= 15 is 0 Å². The van der Waals surface area contributed by atoms with Crippen molar-refractivity contribution in [2.24, 2.45) is 0 Å². The summed E-state index contributed by atoms with van der Waals surface area (Å²) in [5, 5.41) is 3.08. The van der Waals surface area contributed by atoms with Crippen molar-refractivity contribution in [1.82, 2.24) is 5.32 Å². The molecule has 3 nitrogen and oxygen atoms in total. The van der Waals surface area contributed by atoms with Crippen LogP contribution in [0.1, 0.15) is 35.7 Å². The van der Waals surface area contributed by atoms with Crippen LogP contribution in [0.25, 0.3) is 0 Å². The number of nitrogens with one attached hydrogen (secondary N) is 1. The van der Waals surface area contributed by atoms with E-state index in [0.717, 1.165) is 12.8 Å². The van der Waals surface area contributed by atoms with Crippen molar-refractivity contribution in [2.75, 3.05) is 13.2 Å². The molecule has 114 valence electrons. The van der Waals surface area contributed by atoms with Crippen molar-refractivity contribution in [3.05, 3.63) is 65.7 Å². The minimum absolute atomic E-state index is 0.0637. The van der Waals surface area contributed by atoms with Gasteiger partial charge in [-0.15, -0.1) is 0 Å². The first-order chi connectivity index (χ1) is 10.7. The molecule has 2 aromatic rings. The molecule has 3 heteroatoms. The van der Waals surface area contributed by atoms with E-state index in [-0.39, 0.29) is 11.3 Å². The summed E-state index contributed by atoms with van der Waals surface area (Å²) in [5.74, 6) is 0.582. The summed E-state index contributed by atoms with van der Waals surface area (Å²) in [6.45, 7) is 3.15. The van der Waals surface area contributed by atoms with Gasteiger partial charge in [-0.1, -0.05) is 42.5 Å². The van der Waals surface area contributed by atoms with Gasteiger partial charge in [0.15, 0.2) is 0 Å². The van der Waals surface area contributed by atoms with E-state index in [4.69, 9.17) is 4.74 Å². The second-order valence-corrected chi connectivity index (χ2v) is 5.76. The van der Waals surface area contributed by atoms with Gasteiger partial charge in [0.1, 0.15) is 5.75 Å². The molecule has 0 aromatic heterocycles. The fourth-order valence-electron chi connectivity index (χ4n) is 2.79. The highest BCUT2D eigenvalue weighted by Gasteiger charge is 2.44. The minimum Gasteiger partial charge on any atom is -0.493 e. The Morgan fingerprint density at radius 2 is 1.77 bits per heavy atom. The maximum absolute atomic E-state index is 12.5. The third-order valence-electron chi connectivity index (χ3n) is 4.26. The number of benzene rings is 2. The molecule has 0 radical (unpaired) electrons. The van der Waals surface area contributed by atoms with Crippen LogP contribution in [-0.2, 0) is 5.41 Å². The largest absolute Gasteiger partial charge is 0.493 e. The maximum Gasteiger partial charge on any atom is 0.255 e. The number of amides is 1. The van der Waals surface area contributed by atoms with Gasteiger partial charge < -0.3 is 10.1 Å². The average molecular weight is 295 g/mol. The zero-order valence-corrected chi connectivity index (χ0v) is 12.8. The molecule has 1 amide bonds. The molecule has 1 aliphatic rings. The molecule has 2 aromatic carbocycles. The van der Waals surface area contributed by atoms with E-state index in [9.17, 15) is 4.79 Å². The third-order valence-corrected chi connectivity index (χ3v) is 4.26. The molecular formula is C19H21NO2. The van der Waals surface area contributed by atoms with Gasteiger partial charge in [0.2, 0.25) is 0 Å². The number of carbonyl (C=O) groups is 1. The standard InChI is InChI=1S/C19H21NO2/c1-2-22-17-11-7-6-10-16(17)18(21)20-14-19(12-13-19)15-8-4-3-5-9-15/h3-11H,2,12-14H2,1H3,(H,20,21). The van der Waals surface area contributed by atoms with Crippen molar-refractivity contribution in [3.8, 4) is 5.75 Å². The second kappa shape index (κ2) is 6.22. The lowest BCUT2D eigenvalue weighted by molar-refractivity contribution is 0.0946. The summed E-state index contributed by atoms with van der Waals surface area (Å²) in [6, 6.07) is 17.8. The Kier molecular flexibility index (Phi) is 4.14.